The second-order valence-corrected chi connectivity index (χ2v) is 2.53. The quantitative estimate of drug-likeness (QED) is 0.591. The molecule has 0 unspecified atom stereocenters. The molecule has 66 valence electrons. The molecule has 1 N–H and O–H groups in total. The van der Waals surface area contributed by atoms with E-state index in [1.54, 1.807) is 6.92 Å². The third-order valence-corrected chi connectivity index (χ3v) is 1.74. The zero-order chi connectivity index (χ0) is 9.14. The summed E-state index contributed by atoms with van der Waals surface area (Å²) in [5.41, 5.74) is 0.759. The normalized spacial score (nSPS) is 17.3. The standard InChI is InChI=1S/C8H11NO3/c1-5-7(8(11)12-2)6(10)3-4-9-5/h10H,3-4H2,1-2H3. The minimum atomic E-state index is -0.520. The number of aliphatic hydroxyl groups is 1. The Kier molecular flexibility index (Phi) is 2.47. The Hall–Kier alpha value is -1.32. The molecule has 4 nitrogen and oxygen atoms in total. The minimum Gasteiger partial charge on any atom is -0.511 e. The van der Waals surface area contributed by atoms with Crippen LogP contribution in [-0.4, -0.2) is 30.4 Å². The molecule has 0 amide bonds. The number of carbonyl (C=O) groups excluding carboxylic acids is 1. The van der Waals surface area contributed by atoms with E-state index in [-0.39, 0.29) is 11.3 Å². The van der Waals surface area contributed by atoms with E-state index in [2.05, 4.69) is 9.73 Å². The molecule has 0 bridgehead atoms. The number of methoxy groups -OCH3 is 1. The summed E-state index contributed by atoms with van der Waals surface area (Å²) in [5.74, 6) is -0.442. The van der Waals surface area contributed by atoms with Crippen LogP contribution in [0, 0.1) is 0 Å². The molecule has 0 saturated carbocycles. The Balaban J connectivity index is 2.98. The monoisotopic (exact) mass is 169 g/mol. The van der Waals surface area contributed by atoms with Gasteiger partial charge in [-0.05, 0) is 6.92 Å². The molecule has 0 aromatic carbocycles. The van der Waals surface area contributed by atoms with Crippen LogP contribution in [0.2, 0.25) is 0 Å². The molecule has 0 saturated heterocycles. The van der Waals surface area contributed by atoms with Gasteiger partial charge in [0.25, 0.3) is 0 Å². The highest BCUT2D eigenvalue weighted by Gasteiger charge is 2.21. The van der Waals surface area contributed by atoms with Gasteiger partial charge in [-0.3, -0.25) is 4.99 Å². The molecule has 12 heavy (non-hydrogen) atoms. The van der Waals surface area contributed by atoms with E-state index in [9.17, 15) is 9.90 Å². The van der Waals surface area contributed by atoms with Crippen LogP contribution in [0.1, 0.15) is 13.3 Å². The first kappa shape index (κ1) is 8.77. The van der Waals surface area contributed by atoms with Crippen LogP contribution in [0.25, 0.3) is 0 Å². The molecule has 0 fully saturated rings. The molecule has 0 aliphatic carbocycles. The van der Waals surface area contributed by atoms with Crippen LogP contribution >= 0.6 is 0 Å². The van der Waals surface area contributed by atoms with Gasteiger partial charge in [0.1, 0.15) is 11.3 Å². The molecule has 1 heterocycles. The fourth-order valence-corrected chi connectivity index (χ4v) is 1.11. The molecule has 0 aromatic heterocycles. The number of aliphatic hydroxyl groups excluding tert-OH is 1. The second-order valence-electron chi connectivity index (χ2n) is 2.53. The van der Waals surface area contributed by atoms with Crippen LogP contribution in [0.15, 0.2) is 16.3 Å². The molecule has 1 rings (SSSR count). The van der Waals surface area contributed by atoms with Gasteiger partial charge in [0, 0.05) is 18.7 Å². The maximum Gasteiger partial charge on any atom is 0.343 e. The van der Waals surface area contributed by atoms with Gasteiger partial charge in [-0.15, -0.1) is 0 Å². The van der Waals surface area contributed by atoms with Gasteiger partial charge < -0.3 is 9.84 Å². The number of esters is 1. The second kappa shape index (κ2) is 3.38. The molecule has 1 aliphatic rings. The molecule has 0 atom stereocenters. The zero-order valence-electron chi connectivity index (χ0n) is 7.13. The zero-order valence-corrected chi connectivity index (χ0v) is 7.13. The summed E-state index contributed by atoms with van der Waals surface area (Å²) in [5, 5.41) is 9.34. The average molecular weight is 169 g/mol. The van der Waals surface area contributed by atoms with Crippen molar-refractivity contribution in [1.82, 2.24) is 0 Å². The average Bonchev–Trinajstić information content (AvgIpc) is 2.03. The van der Waals surface area contributed by atoms with E-state index in [1.165, 1.54) is 7.11 Å². The molecule has 1 aliphatic heterocycles. The summed E-state index contributed by atoms with van der Waals surface area (Å²) in [6.45, 7) is 2.22. The summed E-state index contributed by atoms with van der Waals surface area (Å²) in [6, 6.07) is 0. The van der Waals surface area contributed by atoms with Gasteiger partial charge in [-0.1, -0.05) is 0 Å². The lowest BCUT2D eigenvalue weighted by atomic mass is 10.1. The Morgan fingerprint density at radius 2 is 2.33 bits per heavy atom. The molecule has 0 radical (unpaired) electrons. The van der Waals surface area contributed by atoms with Crippen molar-refractivity contribution < 1.29 is 14.6 Å². The van der Waals surface area contributed by atoms with Gasteiger partial charge in [-0.25, -0.2) is 4.79 Å². The number of rotatable bonds is 1. The summed E-state index contributed by atoms with van der Waals surface area (Å²) in [6.07, 6.45) is 0.418. The molecular weight excluding hydrogens is 158 g/mol. The van der Waals surface area contributed by atoms with Gasteiger partial charge in [0.2, 0.25) is 0 Å². The van der Waals surface area contributed by atoms with Crippen molar-refractivity contribution in [1.29, 1.82) is 0 Å². The Labute approximate surface area is 70.6 Å². The lowest BCUT2D eigenvalue weighted by molar-refractivity contribution is -0.135. The number of aliphatic imine (C=N–C) groups is 1. The fraction of sp³-hybridized carbons (Fsp3) is 0.500. The Morgan fingerprint density at radius 3 is 2.83 bits per heavy atom. The van der Waals surface area contributed by atoms with E-state index in [4.69, 9.17) is 0 Å². The van der Waals surface area contributed by atoms with Crippen LogP contribution in [-0.2, 0) is 9.53 Å². The van der Waals surface area contributed by atoms with Crippen molar-refractivity contribution in [3.63, 3.8) is 0 Å². The number of dihydropyridines is 1. The fourth-order valence-electron chi connectivity index (χ4n) is 1.11. The lowest BCUT2D eigenvalue weighted by Gasteiger charge is -2.12. The Morgan fingerprint density at radius 1 is 1.67 bits per heavy atom. The third-order valence-electron chi connectivity index (χ3n) is 1.74. The maximum atomic E-state index is 11.1. The van der Waals surface area contributed by atoms with E-state index in [0.29, 0.717) is 18.7 Å². The highest BCUT2D eigenvalue weighted by Crippen LogP contribution is 2.14. The SMILES string of the molecule is COC(=O)C1=C(O)CCN=C1C. The van der Waals surface area contributed by atoms with Crippen LogP contribution in [0.4, 0.5) is 0 Å². The van der Waals surface area contributed by atoms with Crippen molar-refractivity contribution in [2.75, 3.05) is 13.7 Å². The number of nitrogens with zero attached hydrogens (tertiary/aromatic N) is 1. The Bertz CT molecular complexity index is 265. The highest BCUT2D eigenvalue weighted by atomic mass is 16.5. The number of hydrogen-bond donors (Lipinski definition) is 1. The number of carbonyl (C=O) groups is 1. The molecule has 4 heteroatoms. The minimum absolute atomic E-state index is 0.0781. The molecular formula is C8H11NO3. The predicted octanol–water partition coefficient (Wildman–Crippen LogP) is 0.836. The first-order valence-electron chi connectivity index (χ1n) is 3.68. The van der Waals surface area contributed by atoms with E-state index >= 15 is 0 Å². The maximum absolute atomic E-state index is 11.1. The van der Waals surface area contributed by atoms with Crippen molar-refractivity contribution in [3.8, 4) is 0 Å². The van der Waals surface area contributed by atoms with E-state index in [0.717, 1.165) is 0 Å². The summed E-state index contributed by atoms with van der Waals surface area (Å²) >= 11 is 0. The topological polar surface area (TPSA) is 58.9 Å². The largest absolute Gasteiger partial charge is 0.511 e. The van der Waals surface area contributed by atoms with Crippen molar-refractivity contribution >= 4 is 11.7 Å². The van der Waals surface area contributed by atoms with Gasteiger partial charge in [0.15, 0.2) is 0 Å². The van der Waals surface area contributed by atoms with Crippen LogP contribution in [0.3, 0.4) is 0 Å². The van der Waals surface area contributed by atoms with Crippen molar-refractivity contribution in [2.24, 2.45) is 4.99 Å². The summed E-state index contributed by atoms with van der Waals surface area (Å²) < 4.78 is 4.49. The molecule has 0 aromatic rings. The highest BCUT2D eigenvalue weighted by molar-refractivity contribution is 6.19. The lowest BCUT2D eigenvalue weighted by Crippen LogP contribution is -2.18. The first-order valence-corrected chi connectivity index (χ1v) is 3.68. The predicted molar refractivity (Wildman–Crippen MR) is 44.3 cm³/mol. The summed E-state index contributed by atoms with van der Waals surface area (Å²) in [4.78, 5) is 15.1. The van der Waals surface area contributed by atoms with Gasteiger partial charge >= 0.3 is 5.97 Å². The first-order chi connectivity index (χ1) is 5.66. The van der Waals surface area contributed by atoms with Crippen LogP contribution < -0.4 is 0 Å². The number of ether oxygens (including phenoxy) is 1. The van der Waals surface area contributed by atoms with Crippen molar-refractivity contribution in [2.45, 2.75) is 13.3 Å². The van der Waals surface area contributed by atoms with Gasteiger partial charge in [0.05, 0.1) is 7.11 Å². The smallest absolute Gasteiger partial charge is 0.343 e. The summed E-state index contributed by atoms with van der Waals surface area (Å²) in [7, 11) is 1.28. The van der Waals surface area contributed by atoms with Gasteiger partial charge in [-0.2, -0.15) is 0 Å². The van der Waals surface area contributed by atoms with Crippen molar-refractivity contribution in [3.05, 3.63) is 11.3 Å². The van der Waals surface area contributed by atoms with Crippen LogP contribution in [0.5, 0.6) is 0 Å². The molecule has 0 spiro atoms. The van der Waals surface area contributed by atoms with E-state index < -0.39 is 5.97 Å². The number of hydrogen-bond acceptors (Lipinski definition) is 4. The van der Waals surface area contributed by atoms with E-state index in [1.807, 2.05) is 0 Å². The third kappa shape index (κ3) is 1.47.